The van der Waals surface area contributed by atoms with Crippen molar-refractivity contribution in [3.05, 3.63) is 12.4 Å². The molecule has 1 unspecified atom stereocenters. The Morgan fingerprint density at radius 3 is 0.761 bits per heavy atom. The lowest BCUT2D eigenvalue weighted by Crippen LogP contribution is -2.39. The number of unbranched alkanes of at least 4 members (excludes halogenated alkanes) is 32. The maximum Gasteiger partial charge on any atom is 0.101 e. The van der Waals surface area contributed by atoms with Gasteiger partial charge in [-0.25, -0.2) is 0 Å². The number of hydrogen-bond acceptors (Lipinski definition) is 2. The van der Waals surface area contributed by atoms with Crippen molar-refractivity contribution in [2.24, 2.45) is 0 Å². The summed E-state index contributed by atoms with van der Waals surface area (Å²) in [5, 5.41) is 0. The molecule has 0 bridgehead atoms. The van der Waals surface area contributed by atoms with Gasteiger partial charge in [-0.15, -0.1) is 0 Å². The summed E-state index contributed by atoms with van der Waals surface area (Å²) in [6.45, 7) is 9.49. The normalized spacial score (nSPS) is 14.7. The first-order valence-electron chi connectivity index (χ1n) is 22.0. The predicted molar refractivity (Wildman–Crippen MR) is 210 cm³/mol. The van der Waals surface area contributed by atoms with Crippen LogP contribution in [0.3, 0.4) is 0 Å². The molecule has 0 amide bonds. The van der Waals surface area contributed by atoms with Crippen molar-refractivity contribution in [3.8, 4) is 0 Å². The highest BCUT2D eigenvalue weighted by Crippen LogP contribution is 2.24. The lowest BCUT2D eigenvalue weighted by atomic mass is 10.0. The van der Waals surface area contributed by atoms with Gasteiger partial charge in [0, 0.05) is 25.5 Å². The van der Waals surface area contributed by atoms with Crippen LogP contribution in [0, 0.1) is 0 Å². The van der Waals surface area contributed by atoms with Crippen LogP contribution in [0.15, 0.2) is 12.4 Å². The van der Waals surface area contributed by atoms with Gasteiger partial charge in [0.15, 0.2) is 0 Å². The van der Waals surface area contributed by atoms with Crippen molar-refractivity contribution >= 4 is 0 Å². The molecule has 0 N–H and O–H groups in total. The fourth-order valence-corrected chi connectivity index (χ4v) is 7.60. The van der Waals surface area contributed by atoms with Crippen LogP contribution >= 0.6 is 0 Å². The lowest BCUT2D eigenvalue weighted by molar-refractivity contribution is 0.135. The van der Waals surface area contributed by atoms with Crippen molar-refractivity contribution in [2.45, 2.75) is 258 Å². The van der Waals surface area contributed by atoms with Crippen LogP contribution in [0.25, 0.3) is 0 Å². The first kappa shape index (κ1) is 43.4. The van der Waals surface area contributed by atoms with E-state index in [4.69, 9.17) is 0 Å². The van der Waals surface area contributed by atoms with E-state index >= 15 is 0 Å². The molecule has 1 heterocycles. The molecule has 0 saturated carbocycles. The van der Waals surface area contributed by atoms with Gasteiger partial charge in [0.25, 0.3) is 0 Å². The Labute approximate surface area is 292 Å². The fraction of sp³-hybridized carbons (Fsp3) is 0.955. The Morgan fingerprint density at radius 1 is 0.283 bits per heavy atom. The second kappa shape index (κ2) is 35.6. The summed E-state index contributed by atoms with van der Waals surface area (Å²) in [6, 6.07) is 0. The third-order valence-electron chi connectivity index (χ3n) is 10.8. The van der Waals surface area contributed by atoms with Crippen LogP contribution in [0.5, 0.6) is 0 Å². The van der Waals surface area contributed by atoms with Gasteiger partial charge in [-0.2, -0.15) is 0 Å². The second-order valence-electron chi connectivity index (χ2n) is 15.4. The topological polar surface area (TPSA) is 6.48 Å². The van der Waals surface area contributed by atoms with Crippen molar-refractivity contribution in [2.75, 3.05) is 13.1 Å². The standard InChI is InChI=1S/C44H88N2/c1-4-7-10-13-16-18-20-22-24-26-28-30-33-36-39-44-45(40-37-34-31-15-12-9-6-3)42-43-46(44)41-38-35-32-29-27-25-23-21-19-17-14-11-8-5-2/h42-44H,4-41H2,1-3H3. The van der Waals surface area contributed by atoms with Crippen LogP contribution in [0.2, 0.25) is 0 Å². The van der Waals surface area contributed by atoms with E-state index < -0.39 is 0 Å². The molecule has 0 aromatic carbocycles. The minimum atomic E-state index is 0.638. The zero-order chi connectivity index (χ0) is 33.0. The van der Waals surface area contributed by atoms with Crippen LogP contribution in [0.4, 0.5) is 0 Å². The Bertz CT molecular complexity index is 601. The maximum atomic E-state index is 2.73. The lowest BCUT2D eigenvalue weighted by Gasteiger charge is -2.33. The summed E-state index contributed by atoms with van der Waals surface area (Å²) >= 11 is 0. The molecule has 1 aliphatic heterocycles. The quantitative estimate of drug-likeness (QED) is 0.0617. The van der Waals surface area contributed by atoms with E-state index in [2.05, 4.69) is 43.0 Å². The van der Waals surface area contributed by atoms with Gasteiger partial charge in [-0.3, -0.25) is 0 Å². The Morgan fingerprint density at radius 2 is 0.500 bits per heavy atom. The van der Waals surface area contributed by atoms with Gasteiger partial charge >= 0.3 is 0 Å². The van der Waals surface area contributed by atoms with Crippen LogP contribution in [0.1, 0.15) is 252 Å². The Kier molecular flexibility index (Phi) is 33.6. The van der Waals surface area contributed by atoms with Gasteiger partial charge < -0.3 is 9.80 Å². The molecule has 0 fully saturated rings. The zero-order valence-corrected chi connectivity index (χ0v) is 32.5. The average molecular weight is 645 g/mol. The van der Waals surface area contributed by atoms with E-state index in [9.17, 15) is 0 Å². The fourth-order valence-electron chi connectivity index (χ4n) is 7.60. The molecule has 274 valence electrons. The Hall–Kier alpha value is -0.660. The van der Waals surface area contributed by atoms with Crippen molar-refractivity contribution < 1.29 is 0 Å². The van der Waals surface area contributed by atoms with Crippen LogP contribution in [-0.2, 0) is 0 Å². The van der Waals surface area contributed by atoms with Gasteiger partial charge in [0.1, 0.15) is 6.17 Å². The summed E-state index contributed by atoms with van der Waals surface area (Å²) in [5.41, 5.74) is 0. The zero-order valence-electron chi connectivity index (χ0n) is 32.5. The summed E-state index contributed by atoms with van der Waals surface area (Å²) in [5.74, 6) is 0. The van der Waals surface area contributed by atoms with Crippen molar-refractivity contribution in [1.82, 2.24) is 9.80 Å². The molecule has 1 aliphatic rings. The van der Waals surface area contributed by atoms with Gasteiger partial charge in [-0.05, 0) is 25.7 Å². The highest BCUT2D eigenvalue weighted by Gasteiger charge is 2.24. The first-order valence-corrected chi connectivity index (χ1v) is 22.0. The third-order valence-corrected chi connectivity index (χ3v) is 10.8. The molecular formula is C44H88N2. The monoisotopic (exact) mass is 645 g/mol. The highest BCUT2D eigenvalue weighted by atomic mass is 15.4. The first-order chi connectivity index (χ1) is 22.8. The molecule has 0 aromatic heterocycles. The van der Waals surface area contributed by atoms with Gasteiger partial charge in [0.2, 0.25) is 0 Å². The van der Waals surface area contributed by atoms with E-state index in [1.165, 1.54) is 244 Å². The molecule has 2 heteroatoms. The molecule has 2 nitrogen and oxygen atoms in total. The molecule has 0 saturated heterocycles. The van der Waals surface area contributed by atoms with Gasteiger partial charge in [0.05, 0.1) is 0 Å². The number of nitrogens with zero attached hydrogens (tertiary/aromatic N) is 2. The predicted octanol–water partition coefficient (Wildman–Crippen LogP) is 15.5. The smallest absolute Gasteiger partial charge is 0.101 e. The number of hydrogen-bond donors (Lipinski definition) is 0. The highest BCUT2D eigenvalue weighted by molar-refractivity contribution is 4.97. The average Bonchev–Trinajstić information content (AvgIpc) is 3.45. The molecule has 1 atom stereocenters. The third kappa shape index (κ3) is 27.3. The molecular weight excluding hydrogens is 556 g/mol. The summed E-state index contributed by atoms with van der Waals surface area (Å²) in [7, 11) is 0. The number of rotatable bonds is 38. The molecule has 0 spiro atoms. The van der Waals surface area contributed by atoms with E-state index in [1.54, 1.807) is 0 Å². The van der Waals surface area contributed by atoms with Crippen LogP contribution in [-0.4, -0.2) is 29.1 Å². The van der Waals surface area contributed by atoms with E-state index in [0.717, 1.165) is 0 Å². The maximum absolute atomic E-state index is 2.73. The molecule has 0 aliphatic carbocycles. The minimum Gasteiger partial charge on any atom is -0.356 e. The molecule has 0 aromatic rings. The second-order valence-corrected chi connectivity index (χ2v) is 15.4. The molecule has 0 radical (unpaired) electrons. The van der Waals surface area contributed by atoms with E-state index in [0.29, 0.717) is 6.17 Å². The minimum absolute atomic E-state index is 0.638. The molecule has 1 rings (SSSR count). The van der Waals surface area contributed by atoms with Gasteiger partial charge in [-0.1, -0.05) is 226 Å². The van der Waals surface area contributed by atoms with Crippen LogP contribution < -0.4 is 0 Å². The van der Waals surface area contributed by atoms with Crippen molar-refractivity contribution in [3.63, 3.8) is 0 Å². The SMILES string of the molecule is CCCCCCCCCCCCCCCCC1N(CCCCCCCCC)C=CN1CCCCCCCCCCCCCCCC. The summed E-state index contributed by atoms with van der Waals surface area (Å²) in [6.07, 6.45) is 57.4. The van der Waals surface area contributed by atoms with Crippen molar-refractivity contribution in [1.29, 1.82) is 0 Å². The Balaban J connectivity index is 2.17. The van der Waals surface area contributed by atoms with E-state index in [-0.39, 0.29) is 0 Å². The molecule has 46 heavy (non-hydrogen) atoms. The summed E-state index contributed by atoms with van der Waals surface area (Å²) in [4.78, 5) is 5.45. The summed E-state index contributed by atoms with van der Waals surface area (Å²) < 4.78 is 0. The largest absolute Gasteiger partial charge is 0.356 e. The van der Waals surface area contributed by atoms with E-state index in [1.807, 2.05) is 0 Å².